The molecule has 0 N–H and O–H groups in total. The molecular weight excluding hydrogens is 238 g/mol. The van der Waals surface area contributed by atoms with E-state index in [-0.39, 0.29) is 10.6 Å². The van der Waals surface area contributed by atoms with Crippen LogP contribution in [0.25, 0.3) is 0 Å². The van der Waals surface area contributed by atoms with E-state index in [1.165, 1.54) is 31.4 Å². The number of rotatable bonds is 3. The summed E-state index contributed by atoms with van der Waals surface area (Å²) in [4.78, 5) is 0. The first-order valence-corrected chi connectivity index (χ1v) is 6.74. The summed E-state index contributed by atoms with van der Waals surface area (Å²) in [6.45, 7) is 0. The summed E-state index contributed by atoms with van der Waals surface area (Å²) < 4.78 is 31.4. The molecule has 2 aromatic carbocycles. The van der Waals surface area contributed by atoms with Crippen molar-refractivity contribution in [3.8, 4) is 5.75 Å². The Bertz CT molecular complexity index is 537. The van der Waals surface area contributed by atoms with Crippen molar-refractivity contribution >= 4 is 18.1 Å². The maximum atomic E-state index is 14.3. The first-order chi connectivity index (χ1) is 8.14. The molecule has 4 heteroatoms. The van der Waals surface area contributed by atoms with Gasteiger partial charge in [-0.2, -0.15) is 4.20 Å². The summed E-state index contributed by atoms with van der Waals surface area (Å²) in [6, 6.07) is 14.4. The second kappa shape index (κ2) is 4.72. The molecule has 2 nitrogen and oxygen atoms in total. The SMILES string of the molecule is COc1ccc(P(=O)(F)c2ccccc2)cc1. The van der Waals surface area contributed by atoms with Crippen LogP contribution in [-0.2, 0) is 4.57 Å². The third kappa shape index (κ3) is 2.40. The molecule has 2 aromatic rings. The first kappa shape index (κ1) is 11.9. The molecule has 88 valence electrons. The van der Waals surface area contributed by atoms with Crippen molar-refractivity contribution in [2.45, 2.75) is 0 Å². The molecule has 1 atom stereocenters. The molecule has 0 heterocycles. The van der Waals surface area contributed by atoms with Crippen LogP contribution in [0.15, 0.2) is 54.6 Å². The van der Waals surface area contributed by atoms with E-state index >= 15 is 0 Å². The van der Waals surface area contributed by atoms with Gasteiger partial charge in [-0.25, -0.2) is 0 Å². The lowest BCUT2D eigenvalue weighted by atomic mass is 10.3. The molecule has 2 rings (SSSR count). The molecule has 0 radical (unpaired) electrons. The lowest BCUT2D eigenvalue weighted by molar-refractivity contribution is 0.415. The predicted molar refractivity (Wildman–Crippen MR) is 67.4 cm³/mol. The highest BCUT2D eigenvalue weighted by molar-refractivity contribution is 7.74. The predicted octanol–water partition coefficient (Wildman–Crippen LogP) is 2.89. The van der Waals surface area contributed by atoms with E-state index in [0.717, 1.165) is 0 Å². The average molecular weight is 250 g/mol. The molecule has 0 fully saturated rings. The van der Waals surface area contributed by atoms with E-state index < -0.39 is 7.45 Å². The molecule has 0 saturated heterocycles. The Morgan fingerprint density at radius 1 is 0.941 bits per heavy atom. The third-order valence-corrected chi connectivity index (χ3v) is 4.42. The zero-order chi connectivity index (χ0) is 12.3. The zero-order valence-electron chi connectivity index (χ0n) is 9.34. The number of methoxy groups -OCH3 is 1. The van der Waals surface area contributed by atoms with Crippen molar-refractivity contribution in [3.05, 3.63) is 54.6 Å². The molecule has 0 amide bonds. The average Bonchev–Trinajstić information content (AvgIpc) is 2.40. The molecule has 0 aliphatic rings. The first-order valence-electron chi connectivity index (χ1n) is 5.14. The summed E-state index contributed by atoms with van der Waals surface area (Å²) in [5, 5.41) is 0.398. The van der Waals surface area contributed by atoms with Crippen LogP contribution in [0.4, 0.5) is 4.20 Å². The maximum absolute atomic E-state index is 14.3. The summed E-state index contributed by atoms with van der Waals surface area (Å²) >= 11 is 0. The van der Waals surface area contributed by atoms with Gasteiger partial charge in [0.1, 0.15) is 5.75 Å². The highest BCUT2D eigenvalue weighted by Gasteiger charge is 2.26. The Kier molecular flexibility index (Phi) is 3.30. The molecule has 0 aliphatic carbocycles. The lowest BCUT2D eigenvalue weighted by Crippen LogP contribution is -2.12. The van der Waals surface area contributed by atoms with Gasteiger partial charge in [-0.05, 0) is 36.4 Å². The number of ether oxygens (including phenoxy) is 1. The van der Waals surface area contributed by atoms with Crippen LogP contribution in [0.2, 0.25) is 0 Å². The molecule has 1 unspecified atom stereocenters. The summed E-state index contributed by atoms with van der Waals surface area (Å²) in [7, 11) is -2.45. The van der Waals surface area contributed by atoms with Crippen LogP contribution in [0.5, 0.6) is 5.75 Å². The van der Waals surface area contributed by atoms with Crippen LogP contribution < -0.4 is 15.3 Å². The molecule has 0 aliphatic heterocycles. The van der Waals surface area contributed by atoms with Gasteiger partial charge in [0.2, 0.25) is 0 Å². The number of hydrogen-bond donors (Lipinski definition) is 0. The van der Waals surface area contributed by atoms with Crippen molar-refractivity contribution in [1.29, 1.82) is 0 Å². The molecular formula is C13H12FO2P. The third-order valence-electron chi connectivity index (χ3n) is 2.49. The smallest absolute Gasteiger partial charge is 0.300 e. The van der Waals surface area contributed by atoms with Gasteiger partial charge < -0.3 is 4.74 Å². The minimum absolute atomic E-state index is 0.185. The van der Waals surface area contributed by atoms with Gasteiger partial charge in [0.05, 0.1) is 7.11 Å². The zero-order valence-corrected chi connectivity index (χ0v) is 10.2. The highest BCUT2D eigenvalue weighted by atomic mass is 31.2. The Labute approximate surface area is 99.5 Å². The van der Waals surface area contributed by atoms with E-state index in [9.17, 15) is 8.76 Å². The van der Waals surface area contributed by atoms with Crippen LogP contribution >= 0.6 is 7.45 Å². The van der Waals surface area contributed by atoms with E-state index in [1.807, 2.05) is 0 Å². The largest absolute Gasteiger partial charge is 0.497 e. The maximum Gasteiger partial charge on any atom is 0.300 e. The summed E-state index contributed by atoms with van der Waals surface area (Å²) in [5.41, 5.74) is 0. The minimum Gasteiger partial charge on any atom is -0.497 e. The fourth-order valence-corrected chi connectivity index (χ4v) is 2.93. The van der Waals surface area contributed by atoms with E-state index in [2.05, 4.69) is 0 Å². The molecule has 0 spiro atoms. The topological polar surface area (TPSA) is 26.3 Å². The van der Waals surface area contributed by atoms with Crippen LogP contribution in [0, 0.1) is 0 Å². The van der Waals surface area contributed by atoms with Crippen LogP contribution in [0.3, 0.4) is 0 Å². The van der Waals surface area contributed by atoms with Crippen molar-refractivity contribution in [2.75, 3.05) is 7.11 Å². The second-order valence-corrected chi connectivity index (χ2v) is 5.66. The van der Waals surface area contributed by atoms with Gasteiger partial charge in [-0.15, -0.1) is 0 Å². The lowest BCUT2D eigenvalue weighted by Gasteiger charge is -2.09. The standard InChI is InChI=1S/C13H12FO2P/c1-16-11-7-9-13(10-8-11)17(14,15)12-5-3-2-4-6-12/h2-10H,1H3. The van der Waals surface area contributed by atoms with Crippen molar-refractivity contribution in [2.24, 2.45) is 0 Å². The van der Waals surface area contributed by atoms with Crippen molar-refractivity contribution in [3.63, 3.8) is 0 Å². The number of benzene rings is 2. The second-order valence-electron chi connectivity index (χ2n) is 3.57. The summed E-state index contributed by atoms with van der Waals surface area (Å²) in [5.74, 6) is 0.613. The minimum atomic E-state index is -3.98. The number of halogens is 1. The Hall–Kier alpha value is -1.60. The van der Waals surface area contributed by atoms with Crippen LogP contribution in [-0.4, -0.2) is 7.11 Å². The van der Waals surface area contributed by atoms with Crippen molar-refractivity contribution < 1.29 is 13.5 Å². The van der Waals surface area contributed by atoms with Crippen LogP contribution in [0.1, 0.15) is 0 Å². The molecule has 0 saturated carbocycles. The Morgan fingerprint density at radius 3 is 2.00 bits per heavy atom. The normalized spacial score (nSPS) is 14.0. The summed E-state index contributed by atoms with van der Waals surface area (Å²) in [6.07, 6.45) is 0. The molecule has 0 bridgehead atoms. The Morgan fingerprint density at radius 2 is 1.47 bits per heavy atom. The van der Waals surface area contributed by atoms with Gasteiger partial charge in [0.15, 0.2) is 0 Å². The van der Waals surface area contributed by atoms with Crippen molar-refractivity contribution in [1.82, 2.24) is 0 Å². The highest BCUT2D eigenvalue weighted by Crippen LogP contribution is 2.44. The van der Waals surface area contributed by atoms with E-state index in [4.69, 9.17) is 4.74 Å². The van der Waals surface area contributed by atoms with Gasteiger partial charge >= 0.3 is 0 Å². The van der Waals surface area contributed by atoms with E-state index in [0.29, 0.717) is 5.75 Å². The fraction of sp³-hybridized carbons (Fsp3) is 0.0769. The number of hydrogen-bond acceptors (Lipinski definition) is 2. The quantitative estimate of drug-likeness (QED) is 0.783. The monoisotopic (exact) mass is 250 g/mol. The van der Waals surface area contributed by atoms with E-state index in [1.54, 1.807) is 30.3 Å². The van der Waals surface area contributed by atoms with Gasteiger partial charge in [0, 0.05) is 10.6 Å². The van der Waals surface area contributed by atoms with Gasteiger partial charge in [-0.1, -0.05) is 18.2 Å². The van der Waals surface area contributed by atoms with Gasteiger partial charge in [0.25, 0.3) is 7.45 Å². The molecule has 17 heavy (non-hydrogen) atoms. The Balaban J connectivity index is 2.41. The molecule has 0 aromatic heterocycles. The van der Waals surface area contributed by atoms with Gasteiger partial charge in [-0.3, -0.25) is 4.57 Å². The fourth-order valence-electron chi connectivity index (χ4n) is 1.54.